The first-order valence-corrected chi connectivity index (χ1v) is 6.21. The molecule has 1 aromatic rings. The van der Waals surface area contributed by atoms with Crippen molar-refractivity contribution in [1.82, 2.24) is 9.88 Å². The summed E-state index contributed by atoms with van der Waals surface area (Å²) in [5, 5.41) is 8.68. The molecule has 1 aromatic heterocycles. The maximum atomic E-state index is 11.5. The Hall–Kier alpha value is -1.07. The molecule has 0 aromatic carbocycles. The number of hydrogen-bond donors (Lipinski definition) is 1. The van der Waals surface area contributed by atoms with Gasteiger partial charge in [0.05, 0.1) is 12.4 Å². The van der Waals surface area contributed by atoms with Gasteiger partial charge in [-0.1, -0.05) is 0 Å². The summed E-state index contributed by atoms with van der Waals surface area (Å²) < 4.78 is 0. The molecule has 4 nitrogen and oxygen atoms in total. The zero-order valence-electron chi connectivity index (χ0n) is 9.30. The van der Waals surface area contributed by atoms with Crippen molar-refractivity contribution in [2.45, 2.75) is 5.75 Å². The summed E-state index contributed by atoms with van der Waals surface area (Å²) in [4.78, 5) is 17.0. The van der Waals surface area contributed by atoms with Crippen LogP contribution >= 0.6 is 11.8 Å². The molecule has 0 saturated heterocycles. The van der Waals surface area contributed by atoms with E-state index >= 15 is 0 Å². The van der Waals surface area contributed by atoms with Crippen LogP contribution in [0.15, 0.2) is 24.5 Å². The Morgan fingerprint density at radius 1 is 1.50 bits per heavy atom. The summed E-state index contributed by atoms with van der Waals surface area (Å²) in [6.07, 6.45) is 3.49. The number of carbonyl (C=O) groups is 1. The molecule has 0 aliphatic heterocycles. The fourth-order valence-electron chi connectivity index (χ4n) is 1.12. The van der Waals surface area contributed by atoms with Crippen LogP contribution in [0, 0.1) is 0 Å². The van der Waals surface area contributed by atoms with E-state index in [1.807, 2.05) is 12.1 Å². The van der Waals surface area contributed by atoms with Crippen LogP contribution in [-0.2, 0) is 10.5 Å². The van der Waals surface area contributed by atoms with E-state index in [1.165, 1.54) is 0 Å². The van der Waals surface area contributed by atoms with E-state index in [0.717, 1.165) is 11.3 Å². The minimum Gasteiger partial charge on any atom is -0.395 e. The molecule has 0 unspecified atom stereocenters. The lowest BCUT2D eigenvalue weighted by Gasteiger charge is -2.15. The van der Waals surface area contributed by atoms with Crippen molar-refractivity contribution in [2.75, 3.05) is 26.0 Å². The number of aromatic nitrogens is 1. The van der Waals surface area contributed by atoms with Gasteiger partial charge in [0.15, 0.2) is 0 Å². The number of thioether (sulfide) groups is 1. The summed E-state index contributed by atoms with van der Waals surface area (Å²) in [5.41, 5.74) is 1.16. The molecule has 0 radical (unpaired) electrons. The first kappa shape index (κ1) is 13.0. The van der Waals surface area contributed by atoms with Crippen LogP contribution in [0.5, 0.6) is 0 Å². The van der Waals surface area contributed by atoms with Crippen LogP contribution in [0.2, 0.25) is 0 Å². The molecule has 0 aliphatic rings. The van der Waals surface area contributed by atoms with Gasteiger partial charge in [-0.05, 0) is 17.7 Å². The maximum absolute atomic E-state index is 11.5. The number of amides is 1. The van der Waals surface area contributed by atoms with Crippen molar-refractivity contribution in [3.8, 4) is 0 Å². The summed E-state index contributed by atoms with van der Waals surface area (Å²) in [7, 11) is 1.70. The van der Waals surface area contributed by atoms with E-state index in [2.05, 4.69) is 4.98 Å². The smallest absolute Gasteiger partial charge is 0.232 e. The van der Waals surface area contributed by atoms with Crippen molar-refractivity contribution < 1.29 is 9.90 Å². The third-order valence-electron chi connectivity index (χ3n) is 2.10. The summed E-state index contributed by atoms with van der Waals surface area (Å²) in [6.45, 7) is 0.409. The number of aliphatic hydroxyl groups is 1. The van der Waals surface area contributed by atoms with Gasteiger partial charge in [-0.2, -0.15) is 0 Å². The highest BCUT2D eigenvalue weighted by atomic mass is 32.2. The van der Waals surface area contributed by atoms with Gasteiger partial charge in [-0.3, -0.25) is 9.78 Å². The number of rotatable bonds is 6. The Morgan fingerprint density at radius 2 is 2.19 bits per heavy atom. The van der Waals surface area contributed by atoms with Crippen LogP contribution in [0.1, 0.15) is 5.56 Å². The molecule has 0 atom stereocenters. The molecular formula is C11H16N2O2S. The molecule has 1 rings (SSSR count). The Morgan fingerprint density at radius 3 is 2.81 bits per heavy atom. The minimum absolute atomic E-state index is 0.0112. The van der Waals surface area contributed by atoms with Crippen LogP contribution in [-0.4, -0.2) is 46.8 Å². The average molecular weight is 240 g/mol. The quantitative estimate of drug-likeness (QED) is 0.798. The van der Waals surface area contributed by atoms with Crippen molar-refractivity contribution >= 4 is 17.7 Å². The number of likely N-dealkylation sites (N-methyl/N-ethyl adjacent to an activating group) is 1. The second-order valence-electron chi connectivity index (χ2n) is 3.39. The average Bonchev–Trinajstić information content (AvgIpc) is 2.30. The third kappa shape index (κ3) is 4.63. The zero-order chi connectivity index (χ0) is 11.8. The molecule has 0 bridgehead atoms. The van der Waals surface area contributed by atoms with Gasteiger partial charge in [-0.25, -0.2) is 0 Å². The van der Waals surface area contributed by atoms with Gasteiger partial charge in [0.2, 0.25) is 5.91 Å². The van der Waals surface area contributed by atoms with E-state index in [0.29, 0.717) is 12.3 Å². The fraction of sp³-hybridized carbons (Fsp3) is 0.455. The van der Waals surface area contributed by atoms with E-state index < -0.39 is 0 Å². The van der Waals surface area contributed by atoms with Crippen molar-refractivity contribution in [1.29, 1.82) is 0 Å². The Bertz CT molecular complexity index is 319. The monoisotopic (exact) mass is 240 g/mol. The van der Waals surface area contributed by atoms with Crippen molar-refractivity contribution in [3.63, 3.8) is 0 Å². The fourth-order valence-corrected chi connectivity index (χ4v) is 2.05. The molecule has 0 spiro atoms. The third-order valence-corrected chi connectivity index (χ3v) is 3.09. The van der Waals surface area contributed by atoms with Gasteiger partial charge in [0.25, 0.3) is 0 Å². The van der Waals surface area contributed by atoms with Crippen molar-refractivity contribution in [2.24, 2.45) is 0 Å². The molecule has 16 heavy (non-hydrogen) atoms. The second kappa shape index (κ2) is 7.24. The lowest BCUT2D eigenvalue weighted by molar-refractivity contribution is -0.127. The lowest BCUT2D eigenvalue weighted by Crippen LogP contribution is -2.30. The number of hydrogen-bond acceptors (Lipinski definition) is 4. The summed E-state index contributed by atoms with van der Waals surface area (Å²) in [6, 6.07) is 3.88. The highest BCUT2D eigenvalue weighted by Gasteiger charge is 2.07. The van der Waals surface area contributed by atoms with E-state index in [4.69, 9.17) is 5.11 Å². The zero-order valence-corrected chi connectivity index (χ0v) is 10.1. The molecule has 1 amide bonds. The van der Waals surface area contributed by atoms with Crippen LogP contribution in [0.4, 0.5) is 0 Å². The number of nitrogens with zero attached hydrogens (tertiary/aromatic N) is 2. The molecule has 88 valence electrons. The van der Waals surface area contributed by atoms with E-state index in [1.54, 1.807) is 36.1 Å². The molecule has 0 saturated carbocycles. The normalized spacial score (nSPS) is 10.1. The Labute approximate surface area is 99.7 Å². The predicted molar refractivity (Wildman–Crippen MR) is 65.1 cm³/mol. The number of aliphatic hydroxyl groups excluding tert-OH is 1. The summed E-state index contributed by atoms with van der Waals surface area (Å²) >= 11 is 1.57. The van der Waals surface area contributed by atoms with Gasteiger partial charge in [0, 0.05) is 31.7 Å². The Kier molecular flexibility index (Phi) is 5.88. The summed E-state index contributed by atoms with van der Waals surface area (Å²) in [5.74, 6) is 1.30. The molecule has 5 heteroatoms. The maximum Gasteiger partial charge on any atom is 0.232 e. The van der Waals surface area contributed by atoms with E-state index in [-0.39, 0.29) is 12.5 Å². The number of pyridine rings is 1. The topological polar surface area (TPSA) is 53.4 Å². The highest BCUT2D eigenvalue weighted by Crippen LogP contribution is 2.11. The predicted octanol–water partition coefficient (Wildman–Crippen LogP) is 0.765. The second-order valence-corrected chi connectivity index (χ2v) is 4.37. The molecule has 1 heterocycles. The SMILES string of the molecule is CN(CCO)C(=O)CSCc1ccncc1. The van der Waals surface area contributed by atoms with Crippen LogP contribution < -0.4 is 0 Å². The van der Waals surface area contributed by atoms with Gasteiger partial charge < -0.3 is 10.0 Å². The molecule has 0 fully saturated rings. The first-order valence-electron chi connectivity index (χ1n) is 5.05. The first-order chi connectivity index (χ1) is 7.74. The largest absolute Gasteiger partial charge is 0.395 e. The van der Waals surface area contributed by atoms with E-state index in [9.17, 15) is 4.79 Å². The molecule has 1 N–H and O–H groups in total. The Balaban J connectivity index is 2.23. The van der Waals surface area contributed by atoms with Crippen molar-refractivity contribution in [3.05, 3.63) is 30.1 Å². The number of carbonyl (C=O) groups excluding carboxylic acids is 1. The van der Waals surface area contributed by atoms with Gasteiger partial charge in [0.1, 0.15) is 0 Å². The molecular weight excluding hydrogens is 224 g/mol. The highest BCUT2D eigenvalue weighted by molar-refractivity contribution is 7.99. The van der Waals surface area contributed by atoms with Crippen LogP contribution in [0.25, 0.3) is 0 Å². The molecule has 0 aliphatic carbocycles. The lowest BCUT2D eigenvalue weighted by atomic mass is 10.3. The van der Waals surface area contributed by atoms with Gasteiger partial charge >= 0.3 is 0 Å². The van der Waals surface area contributed by atoms with Crippen LogP contribution in [0.3, 0.4) is 0 Å². The standard InChI is InChI=1S/C11H16N2O2S/c1-13(6-7-14)11(15)9-16-8-10-2-4-12-5-3-10/h2-5,14H,6-9H2,1H3. The minimum atomic E-state index is 0.0112. The van der Waals surface area contributed by atoms with Gasteiger partial charge in [-0.15, -0.1) is 11.8 Å².